The number of hydrogen-bond donors (Lipinski definition) is 1. The molecule has 1 N–H and O–H groups in total. The quantitative estimate of drug-likeness (QED) is 0.877. The van der Waals surface area contributed by atoms with E-state index >= 15 is 0 Å². The molecule has 0 bridgehead atoms. The molecule has 1 aliphatic carbocycles. The molecule has 0 saturated carbocycles. The Morgan fingerprint density at radius 1 is 0.889 bits per heavy atom. The average Bonchev–Trinajstić information content (AvgIpc) is 2.43. The van der Waals surface area contributed by atoms with Gasteiger partial charge in [0.1, 0.15) is 0 Å². The van der Waals surface area contributed by atoms with Crippen molar-refractivity contribution in [1.29, 1.82) is 0 Å². The Bertz CT molecular complexity index is 562. The maximum atomic E-state index is 10.4. The molecule has 1 aliphatic rings. The molecule has 90 valence electrons. The third kappa shape index (κ3) is 2.22. The average molecular weight is 254 g/mol. The molecular weight excluding hydrogens is 240 g/mol. The van der Waals surface area contributed by atoms with Crippen molar-refractivity contribution in [2.75, 3.05) is 0 Å². The summed E-state index contributed by atoms with van der Waals surface area (Å²) in [4.78, 5) is 1.19. The van der Waals surface area contributed by atoms with E-state index in [0.717, 1.165) is 11.1 Å². The lowest BCUT2D eigenvalue weighted by Crippen LogP contribution is -2.16. The first-order valence-corrected chi connectivity index (χ1v) is 6.89. The van der Waals surface area contributed by atoms with Gasteiger partial charge in [0.05, 0.1) is 11.4 Å². The Morgan fingerprint density at radius 2 is 1.61 bits per heavy atom. The van der Waals surface area contributed by atoms with Gasteiger partial charge in [-0.1, -0.05) is 54.6 Å². The number of aliphatic hydroxyl groups excluding tert-OH is 1. The van der Waals surface area contributed by atoms with Gasteiger partial charge in [0.2, 0.25) is 0 Å². The number of fused-ring (bicyclic) bond motifs is 1. The van der Waals surface area contributed by atoms with Crippen molar-refractivity contribution in [2.24, 2.45) is 0 Å². The van der Waals surface area contributed by atoms with Crippen molar-refractivity contribution in [3.63, 3.8) is 0 Å². The van der Waals surface area contributed by atoms with E-state index in [9.17, 15) is 5.11 Å². The van der Waals surface area contributed by atoms with Gasteiger partial charge in [0.25, 0.3) is 0 Å². The molecular formula is C16H14OS. The highest BCUT2D eigenvalue weighted by Crippen LogP contribution is 2.37. The fourth-order valence-corrected chi connectivity index (χ4v) is 3.23. The molecule has 1 nitrogen and oxygen atoms in total. The van der Waals surface area contributed by atoms with E-state index < -0.39 is 6.10 Å². The maximum absolute atomic E-state index is 10.4. The fourth-order valence-electron chi connectivity index (χ4n) is 2.17. The summed E-state index contributed by atoms with van der Waals surface area (Å²) in [6, 6.07) is 18.2. The smallest absolute Gasteiger partial charge is 0.0952 e. The van der Waals surface area contributed by atoms with Crippen LogP contribution in [0.4, 0.5) is 0 Å². The largest absolute Gasteiger partial charge is 0.387 e. The van der Waals surface area contributed by atoms with Crippen molar-refractivity contribution in [3.8, 4) is 0 Å². The second-order valence-corrected chi connectivity index (χ2v) is 5.58. The van der Waals surface area contributed by atoms with Crippen LogP contribution >= 0.6 is 11.8 Å². The van der Waals surface area contributed by atoms with Crippen LogP contribution in [0.25, 0.3) is 6.08 Å². The molecule has 0 fully saturated rings. The van der Waals surface area contributed by atoms with Crippen LogP contribution in [0, 0.1) is 0 Å². The van der Waals surface area contributed by atoms with E-state index in [4.69, 9.17) is 0 Å². The highest BCUT2D eigenvalue weighted by Gasteiger charge is 2.24. The van der Waals surface area contributed by atoms with Crippen molar-refractivity contribution < 1.29 is 5.11 Å². The minimum Gasteiger partial charge on any atom is -0.387 e. The lowest BCUT2D eigenvalue weighted by atomic mass is 9.95. The number of thioether (sulfide) groups is 1. The predicted molar refractivity (Wildman–Crippen MR) is 76.5 cm³/mol. The fraction of sp³-hybridized carbons (Fsp3) is 0.125. The van der Waals surface area contributed by atoms with Crippen LogP contribution in [0.5, 0.6) is 0 Å². The zero-order chi connectivity index (χ0) is 12.4. The Hall–Kier alpha value is -1.51. The van der Waals surface area contributed by atoms with E-state index in [1.54, 1.807) is 11.8 Å². The molecule has 2 aromatic carbocycles. The van der Waals surface area contributed by atoms with Gasteiger partial charge < -0.3 is 5.11 Å². The molecule has 2 atom stereocenters. The topological polar surface area (TPSA) is 20.2 Å². The van der Waals surface area contributed by atoms with Crippen LogP contribution in [-0.4, -0.2) is 10.4 Å². The molecule has 0 radical (unpaired) electrons. The van der Waals surface area contributed by atoms with E-state index in [-0.39, 0.29) is 5.25 Å². The highest BCUT2D eigenvalue weighted by atomic mass is 32.2. The summed E-state index contributed by atoms with van der Waals surface area (Å²) in [7, 11) is 0. The van der Waals surface area contributed by atoms with E-state index in [1.165, 1.54) is 4.90 Å². The van der Waals surface area contributed by atoms with Crippen LogP contribution in [0.2, 0.25) is 0 Å². The van der Waals surface area contributed by atoms with Crippen LogP contribution in [0.3, 0.4) is 0 Å². The van der Waals surface area contributed by atoms with Gasteiger partial charge in [0.15, 0.2) is 0 Å². The first-order valence-electron chi connectivity index (χ1n) is 6.01. The molecule has 0 saturated heterocycles. The normalized spacial score (nSPS) is 21.6. The second kappa shape index (κ2) is 5.01. The first kappa shape index (κ1) is 11.6. The third-order valence-electron chi connectivity index (χ3n) is 3.11. The molecule has 0 aliphatic heterocycles. The lowest BCUT2D eigenvalue weighted by molar-refractivity contribution is 0.185. The number of aliphatic hydroxyl groups is 1. The summed E-state index contributed by atoms with van der Waals surface area (Å²) < 4.78 is 0. The number of hydrogen-bond acceptors (Lipinski definition) is 2. The summed E-state index contributed by atoms with van der Waals surface area (Å²) in [6.07, 6.45) is 3.75. The standard InChI is InChI=1S/C16H14OS/c17-16-14-9-5-4-6-12(14)10-11-15(16)18-13-7-2-1-3-8-13/h1-11,15-17H/t15-,16-/m1/s1. The van der Waals surface area contributed by atoms with Crippen LogP contribution in [0.1, 0.15) is 17.2 Å². The minimum absolute atomic E-state index is 0.0855. The van der Waals surface area contributed by atoms with Crippen molar-refractivity contribution >= 4 is 17.8 Å². The number of rotatable bonds is 2. The van der Waals surface area contributed by atoms with Gasteiger partial charge >= 0.3 is 0 Å². The Morgan fingerprint density at radius 3 is 2.44 bits per heavy atom. The summed E-state index contributed by atoms with van der Waals surface area (Å²) in [5.41, 5.74) is 2.14. The summed E-state index contributed by atoms with van der Waals surface area (Å²) in [5, 5.41) is 10.5. The van der Waals surface area contributed by atoms with E-state index in [0.29, 0.717) is 0 Å². The molecule has 0 aromatic heterocycles. The Labute approximate surface area is 111 Å². The van der Waals surface area contributed by atoms with Crippen molar-refractivity contribution in [2.45, 2.75) is 16.2 Å². The monoisotopic (exact) mass is 254 g/mol. The third-order valence-corrected chi connectivity index (χ3v) is 4.34. The second-order valence-electron chi connectivity index (χ2n) is 4.33. The zero-order valence-electron chi connectivity index (χ0n) is 9.86. The molecule has 3 rings (SSSR count). The zero-order valence-corrected chi connectivity index (χ0v) is 10.7. The molecule has 0 amide bonds. The summed E-state index contributed by atoms with van der Waals surface area (Å²) >= 11 is 1.70. The lowest BCUT2D eigenvalue weighted by Gasteiger charge is -2.25. The Balaban J connectivity index is 1.85. The van der Waals surface area contributed by atoms with Gasteiger partial charge in [-0.05, 0) is 23.3 Å². The van der Waals surface area contributed by atoms with Crippen LogP contribution in [0.15, 0.2) is 65.6 Å². The van der Waals surface area contributed by atoms with Crippen molar-refractivity contribution in [1.82, 2.24) is 0 Å². The Kier molecular flexibility index (Phi) is 3.22. The van der Waals surface area contributed by atoms with Gasteiger partial charge in [-0.15, -0.1) is 11.8 Å². The predicted octanol–water partition coefficient (Wildman–Crippen LogP) is 3.91. The number of benzene rings is 2. The van der Waals surface area contributed by atoms with Gasteiger partial charge in [-0.25, -0.2) is 0 Å². The molecule has 2 aromatic rings. The minimum atomic E-state index is -0.434. The van der Waals surface area contributed by atoms with E-state index in [1.807, 2.05) is 42.5 Å². The first-order chi connectivity index (χ1) is 8.84. The maximum Gasteiger partial charge on any atom is 0.0952 e. The molecule has 0 spiro atoms. The van der Waals surface area contributed by atoms with Gasteiger partial charge in [-0.3, -0.25) is 0 Å². The molecule has 0 heterocycles. The molecule has 0 unspecified atom stereocenters. The highest BCUT2D eigenvalue weighted by molar-refractivity contribution is 8.00. The van der Waals surface area contributed by atoms with Crippen LogP contribution in [-0.2, 0) is 0 Å². The van der Waals surface area contributed by atoms with Gasteiger partial charge in [0, 0.05) is 4.90 Å². The molecule has 18 heavy (non-hydrogen) atoms. The molecule has 2 heteroatoms. The van der Waals surface area contributed by atoms with Crippen molar-refractivity contribution in [3.05, 3.63) is 71.8 Å². The SMILES string of the molecule is O[C@@H]1c2ccccc2C=C[C@H]1Sc1ccccc1. The summed E-state index contributed by atoms with van der Waals surface area (Å²) in [5.74, 6) is 0. The summed E-state index contributed by atoms with van der Waals surface area (Å²) in [6.45, 7) is 0. The van der Waals surface area contributed by atoms with Gasteiger partial charge in [-0.2, -0.15) is 0 Å². The van der Waals surface area contributed by atoms with Crippen LogP contribution < -0.4 is 0 Å². The van der Waals surface area contributed by atoms with E-state index in [2.05, 4.69) is 24.3 Å².